The summed E-state index contributed by atoms with van der Waals surface area (Å²) < 4.78 is 0. The summed E-state index contributed by atoms with van der Waals surface area (Å²) in [5.74, 6) is 0. The van der Waals surface area contributed by atoms with Gasteiger partial charge < -0.3 is 15.3 Å². The second-order valence-electron chi connectivity index (χ2n) is 4.70. The molecule has 0 radical (unpaired) electrons. The molecule has 0 aromatic heterocycles. The van der Waals surface area contributed by atoms with Gasteiger partial charge in [0.25, 0.3) is 5.69 Å². The van der Waals surface area contributed by atoms with E-state index in [0.29, 0.717) is 5.69 Å². The van der Waals surface area contributed by atoms with Gasteiger partial charge in [-0.15, -0.1) is 0 Å². The highest BCUT2D eigenvalue weighted by Gasteiger charge is 2.39. The van der Waals surface area contributed by atoms with E-state index in [1.165, 1.54) is 23.1 Å². The van der Waals surface area contributed by atoms with Crippen molar-refractivity contribution in [1.82, 2.24) is 4.90 Å². The molecule has 19 heavy (non-hydrogen) atoms. The third-order valence-electron chi connectivity index (χ3n) is 2.76. The Morgan fingerprint density at radius 3 is 2.68 bits per heavy atom. The van der Waals surface area contributed by atoms with Gasteiger partial charge in [-0.1, -0.05) is 11.6 Å². The second-order valence-corrected chi connectivity index (χ2v) is 5.11. The van der Waals surface area contributed by atoms with Crippen molar-refractivity contribution in [1.29, 1.82) is 0 Å². The van der Waals surface area contributed by atoms with E-state index in [1.54, 1.807) is 6.92 Å². The minimum atomic E-state index is -0.851. The number of non-ortho nitro benzene ring substituents is 1. The Morgan fingerprint density at radius 2 is 2.21 bits per heavy atom. The summed E-state index contributed by atoms with van der Waals surface area (Å²) in [4.78, 5) is 23.2. The number of hydrogen-bond acceptors (Lipinski definition) is 4. The molecule has 7 nitrogen and oxygen atoms in total. The number of likely N-dealkylation sites (tertiary alicyclic amines) is 1. The van der Waals surface area contributed by atoms with Crippen LogP contribution in [0.1, 0.15) is 6.92 Å². The van der Waals surface area contributed by atoms with Crippen molar-refractivity contribution in [2.45, 2.75) is 12.5 Å². The number of carbonyl (C=O) groups is 1. The maximum Gasteiger partial charge on any atom is 0.322 e. The lowest BCUT2D eigenvalue weighted by Gasteiger charge is -2.43. The van der Waals surface area contributed by atoms with Crippen LogP contribution < -0.4 is 5.32 Å². The van der Waals surface area contributed by atoms with Gasteiger partial charge in [0, 0.05) is 12.1 Å². The average molecular weight is 286 g/mol. The first-order chi connectivity index (χ1) is 8.78. The molecule has 0 bridgehead atoms. The van der Waals surface area contributed by atoms with Crippen LogP contribution in [0.2, 0.25) is 5.02 Å². The predicted octanol–water partition coefficient (Wildman–Crippen LogP) is 1.85. The number of nitro groups is 1. The fourth-order valence-electron chi connectivity index (χ4n) is 1.83. The Morgan fingerprint density at radius 1 is 1.58 bits per heavy atom. The highest BCUT2D eigenvalue weighted by atomic mass is 35.5. The largest absolute Gasteiger partial charge is 0.386 e. The molecule has 1 heterocycles. The minimum Gasteiger partial charge on any atom is -0.386 e. The lowest BCUT2D eigenvalue weighted by molar-refractivity contribution is -0.384. The topological polar surface area (TPSA) is 95.7 Å². The van der Waals surface area contributed by atoms with Gasteiger partial charge in [-0.2, -0.15) is 0 Å². The quantitative estimate of drug-likeness (QED) is 0.640. The zero-order chi connectivity index (χ0) is 14.2. The van der Waals surface area contributed by atoms with Crippen molar-refractivity contribution >= 4 is 29.0 Å². The number of halogens is 1. The van der Waals surface area contributed by atoms with Gasteiger partial charge in [0.05, 0.1) is 34.3 Å². The number of urea groups is 1. The summed E-state index contributed by atoms with van der Waals surface area (Å²) in [6, 6.07) is 3.40. The number of anilines is 1. The van der Waals surface area contributed by atoms with Crippen molar-refractivity contribution < 1.29 is 14.8 Å². The number of nitrogens with one attached hydrogen (secondary N) is 1. The fourth-order valence-corrected chi connectivity index (χ4v) is 2.05. The molecule has 1 saturated heterocycles. The molecule has 1 aliphatic heterocycles. The lowest BCUT2D eigenvalue weighted by atomic mass is 9.98. The molecule has 8 heteroatoms. The molecule has 2 N–H and O–H groups in total. The van der Waals surface area contributed by atoms with Crippen LogP contribution in [0.15, 0.2) is 18.2 Å². The summed E-state index contributed by atoms with van der Waals surface area (Å²) in [5, 5.41) is 22.7. The maximum absolute atomic E-state index is 11.8. The molecule has 0 spiro atoms. The molecule has 2 rings (SSSR count). The summed E-state index contributed by atoms with van der Waals surface area (Å²) in [5.41, 5.74) is -0.699. The molecular formula is C11H12ClN3O4. The number of nitro benzene ring substituents is 1. The molecule has 1 aromatic carbocycles. The molecule has 0 unspecified atom stereocenters. The van der Waals surface area contributed by atoms with E-state index in [-0.39, 0.29) is 23.8 Å². The highest BCUT2D eigenvalue weighted by molar-refractivity contribution is 6.33. The molecule has 1 aliphatic rings. The molecule has 0 saturated carbocycles. The van der Waals surface area contributed by atoms with Gasteiger partial charge in [-0.25, -0.2) is 4.79 Å². The first kappa shape index (κ1) is 13.6. The minimum absolute atomic E-state index is 0.0924. The van der Waals surface area contributed by atoms with Crippen LogP contribution in [0.4, 0.5) is 16.2 Å². The van der Waals surface area contributed by atoms with E-state index in [4.69, 9.17) is 11.6 Å². The maximum atomic E-state index is 11.8. The Bertz CT molecular complexity index is 539. The Labute approximate surface area is 113 Å². The van der Waals surface area contributed by atoms with Gasteiger partial charge >= 0.3 is 6.03 Å². The number of nitrogens with zero attached hydrogens (tertiary/aromatic N) is 2. The standard InChI is InChI=1S/C11H12ClN3O4/c1-11(17)5-14(6-11)10(16)13-9-3-2-7(15(18)19)4-8(9)12/h2-4,17H,5-6H2,1H3,(H,13,16). The van der Waals surface area contributed by atoms with Crippen LogP contribution in [0.3, 0.4) is 0 Å². The number of aliphatic hydroxyl groups is 1. The van der Waals surface area contributed by atoms with Crippen molar-refractivity contribution in [2.75, 3.05) is 18.4 Å². The SMILES string of the molecule is CC1(O)CN(C(=O)Nc2ccc([N+](=O)[O-])cc2Cl)C1. The van der Waals surface area contributed by atoms with Gasteiger partial charge in [-0.3, -0.25) is 10.1 Å². The van der Waals surface area contributed by atoms with E-state index in [9.17, 15) is 20.0 Å². The zero-order valence-corrected chi connectivity index (χ0v) is 10.8. The van der Waals surface area contributed by atoms with Gasteiger partial charge in [0.1, 0.15) is 0 Å². The van der Waals surface area contributed by atoms with E-state index in [2.05, 4.69) is 5.32 Å². The number of β-amino-alcohol motifs (C(OH)–C–C–N with tert-alkyl or cyclic N) is 1. The van der Waals surface area contributed by atoms with Crippen molar-refractivity contribution in [3.8, 4) is 0 Å². The number of rotatable bonds is 2. The molecule has 102 valence electrons. The van der Waals surface area contributed by atoms with Crippen LogP contribution in [0.25, 0.3) is 0 Å². The number of hydrogen-bond donors (Lipinski definition) is 2. The number of benzene rings is 1. The van der Waals surface area contributed by atoms with Gasteiger partial charge in [0.2, 0.25) is 0 Å². The molecule has 1 aromatic rings. The van der Waals surface area contributed by atoms with Gasteiger partial charge in [0.15, 0.2) is 0 Å². The van der Waals surface area contributed by atoms with Crippen molar-refractivity contribution in [3.63, 3.8) is 0 Å². The first-order valence-electron chi connectivity index (χ1n) is 5.51. The first-order valence-corrected chi connectivity index (χ1v) is 5.88. The molecule has 0 aliphatic carbocycles. The number of amides is 2. The third kappa shape index (κ3) is 2.94. The second kappa shape index (κ2) is 4.67. The third-order valence-corrected chi connectivity index (χ3v) is 3.07. The zero-order valence-electron chi connectivity index (χ0n) is 10.1. The van der Waals surface area contributed by atoms with E-state index < -0.39 is 16.6 Å². The monoisotopic (exact) mass is 285 g/mol. The van der Waals surface area contributed by atoms with Gasteiger partial charge in [-0.05, 0) is 13.0 Å². The van der Waals surface area contributed by atoms with Crippen LogP contribution in [-0.4, -0.2) is 39.7 Å². The van der Waals surface area contributed by atoms with Crippen LogP contribution in [-0.2, 0) is 0 Å². The Balaban J connectivity index is 2.04. The van der Waals surface area contributed by atoms with Crippen molar-refractivity contribution in [2.24, 2.45) is 0 Å². The van der Waals surface area contributed by atoms with Crippen molar-refractivity contribution in [3.05, 3.63) is 33.3 Å². The lowest BCUT2D eigenvalue weighted by Crippen LogP contribution is -2.62. The number of carbonyl (C=O) groups excluding carboxylic acids is 1. The average Bonchev–Trinajstić information content (AvgIpc) is 2.28. The highest BCUT2D eigenvalue weighted by Crippen LogP contribution is 2.28. The Hall–Kier alpha value is -1.86. The normalized spacial score (nSPS) is 16.7. The van der Waals surface area contributed by atoms with Crippen LogP contribution in [0, 0.1) is 10.1 Å². The predicted molar refractivity (Wildman–Crippen MR) is 69.3 cm³/mol. The summed E-state index contributed by atoms with van der Waals surface area (Å²) >= 11 is 5.85. The Kier molecular flexibility index (Phi) is 3.34. The molecule has 1 fully saturated rings. The molecular weight excluding hydrogens is 274 g/mol. The molecule has 2 amide bonds. The summed E-state index contributed by atoms with van der Waals surface area (Å²) in [7, 11) is 0. The van der Waals surface area contributed by atoms with E-state index in [0.717, 1.165) is 0 Å². The van der Waals surface area contributed by atoms with E-state index >= 15 is 0 Å². The fraction of sp³-hybridized carbons (Fsp3) is 0.364. The smallest absolute Gasteiger partial charge is 0.322 e. The van der Waals surface area contributed by atoms with E-state index in [1.807, 2.05) is 0 Å². The molecule has 0 atom stereocenters. The van der Waals surface area contributed by atoms with Crippen LogP contribution in [0.5, 0.6) is 0 Å². The summed E-state index contributed by atoms with van der Waals surface area (Å²) in [6.07, 6.45) is 0. The summed E-state index contributed by atoms with van der Waals surface area (Å²) in [6.45, 7) is 2.11. The van der Waals surface area contributed by atoms with Crippen LogP contribution >= 0.6 is 11.6 Å².